The average molecular weight is 402 g/mol. The topological polar surface area (TPSA) is 54.5 Å². The van der Waals surface area contributed by atoms with E-state index < -0.39 is 5.92 Å². The van der Waals surface area contributed by atoms with Crippen LogP contribution in [0.3, 0.4) is 0 Å². The highest BCUT2D eigenvalue weighted by Crippen LogP contribution is 2.40. The molecule has 152 valence electrons. The van der Waals surface area contributed by atoms with Crippen molar-refractivity contribution in [1.29, 1.82) is 0 Å². The van der Waals surface area contributed by atoms with E-state index in [1.54, 1.807) is 0 Å². The predicted octanol–water partition coefficient (Wildman–Crippen LogP) is 4.83. The zero-order chi connectivity index (χ0) is 20.4. The molecule has 1 amide bonds. The average Bonchev–Trinajstić information content (AvgIpc) is 2.89. The van der Waals surface area contributed by atoms with E-state index in [4.69, 9.17) is 0 Å². The lowest BCUT2D eigenvalue weighted by Crippen LogP contribution is -2.37. The summed E-state index contributed by atoms with van der Waals surface area (Å²) in [6.07, 6.45) is 3.03. The molecule has 0 N–H and O–H groups in total. The predicted molar refractivity (Wildman–Crippen MR) is 114 cm³/mol. The van der Waals surface area contributed by atoms with Gasteiger partial charge in [0.25, 0.3) is 5.24 Å². The molecule has 1 aromatic rings. The summed E-state index contributed by atoms with van der Waals surface area (Å²) in [5.74, 6) is 0.688. The minimum atomic E-state index is -0.576. The van der Waals surface area contributed by atoms with Gasteiger partial charge in [0.2, 0.25) is 0 Å². The van der Waals surface area contributed by atoms with Gasteiger partial charge in [-0.05, 0) is 68.4 Å². The van der Waals surface area contributed by atoms with E-state index in [9.17, 15) is 14.4 Å². The quantitative estimate of drug-likeness (QED) is 0.678. The van der Waals surface area contributed by atoms with Gasteiger partial charge in [-0.2, -0.15) is 0 Å². The number of thioether (sulfide) groups is 1. The lowest BCUT2D eigenvalue weighted by atomic mass is 9.83. The third-order valence-corrected chi connectivity index (χ3v) is 7.04. The van der Waals surface area contributed by atoms with Crippen molar-refractivity contribution >= 4 is 28.6 Å². The first-order chi connectivity index (χ1) is 13.3. The maximum atomic E-state index is 13.1. The van der Waals surface area contributed by atoms with Gasteiger partial charge >= 0.3 is 0 Å². The summed E-state index contributed by atoms with van der Waals surface area (Å²) < 4.78 is 0. The van der Waals surface area contributed by atoms with Crippen LogP contribution in [0.5, 0.6) is 0 Å². The standard InChI is InChI=1S/C23H31NO3S/c1-5-28-23(27)24-8-6-17(7-9-24)12-18-13-19(25)21(22(18)26)20-15(3)10-14(2)11-16(20)4/h10-11,17-18,21H,5-9,12-13H2,1-4H3. The van der Waals surface area contributed by atoms with Crippen molar-refractivity contribution in [3.63, 3.8) is 0 Å². The van der Waals surface area contributed by atoms with Crippen LogP contribution < -0.4 is 0 Å². The molecule has 4 nitrogen and oxygen atoms in total. The minimum absolute atomic E-state index is 0.0806. The molecule has 0 bridgehead atoms. The van der Waals surface area contributed by atoms with Crippen molar-refractivity contribution in [2.75, 3.05) is 18.8 Å². The van der Waals surface area contributed by atoms with E-state index in [-0.39, 0.29) is 22.7 Å². The van der Waals surface area contributed by atoms with Gasteiger partial charge < -0.3 is 4.90 Å². The van der Waals surface area contributed by atoms with Gasteiger partial charge in [0.15, 0.2) is 5.78 Å². The Morgan fingerprint density at radius 2 is 1.71 bits per heavy atom. The number of carbonyl (C=O) groups excluding carboxylic acids is 3. The molecule has 2 atom stereocenters. The van der Waals surface area contributed by atoms with E-state index in [1.165, 1.54) is 11.8 Å². The third-order valence-electron chi connectivity index (χ3n) is 6.24. The molecule has 0 radical (unpaired) electrons. The molecule has 2 fully saturated rings. The van der Waals surface area contributed by atoms with E-state index in [1.807, 2.05) is 32.6 Å². The largest absolute Gasteiger partial charge is 0.334 e. The van der Waals surface area contributed by atoms with Gasteiger partial charge in [-0.25, -0.2) is 0 Å². The highest BCUT2D eigenvalue weighted by molar-refractivity contribution is 8.13. The van der Waals surface area contributed by atoms with Crippen LogP contribution in [-0.4, -0.2) is 40.5 Å². The SMILES string of the molecule is CCSC(=O)N1CCC(CC2CC(=O)C(c3c(C)cc(C)cc3C)C2=O)CC1. The third kappa shape index (κ3) is 4.35. The van der Waals surface area contributed by atoms with Crippen molar-refractivity contribution in [2.45, 2.75) is 59.3 Å². The van der Waals surface area contributed by atoms with Crippen molar-refractivity contribution in [2.24, 2.45) is 11.8 Å². The maximum Gasteiger partial charge on any atom is 0.281 e. The summed E-state index contributed by atoms with van der Waals surface area (Å²) >= 11 is 1.36. The lowest BCUT2D eigenvalue weighted by Gasteiger charge is -2.32. The second-order valence-corrected chi connectivity index (χ2v) is 9.60. The number of rotatable bonds is 4. The summed E-state index contributed by atoms with van der Waals surface area (Å²) in [7, 11) is 0. The number of piperidine rings is 1. The van der Waals surface area contributed by atoms with E-state index in [0.717, 1.165) is 60.4 Å². The molecule has 5 heteroatoms. The van der Waals surface area contributed by atoms with Crippen LogP contribution in [-0.2, 0) is 9.59 Å². The van der Waals surface area contributed by atoms with Crippen LogP contribution in [0.1, 0.15) is 60.8 Å². The van der Waals surface area contributed by atoms with E-state index >= 15 is 0 Å². The highest BCUT2D eigenvalue weighted by Gasteiger charge is 2.44. The van der Waals surface area contributed by atoms with Crippen molar-refractivity contribution in [1.82, 2.24) is 4.90 Å². The first kappa shape index (κ1) is 21.1. The molecule has 3 rings (SSSR count). The van der Waals surface area contributed by atoms with Gasteiger partial charge in [-0.3, -0.25) is 14.4 Å². The summed E-state index contributed by atoms with van der Waals surface area (Å²) in [5.41, 5.74) is 4.19. The fourth-order valence-corrected chi connectivity index (χ4v) is 5.59. The van der Waals surface area contributed by atoms with Crippen LogP contribution in [0, 0.1) is 32.6 Å². The summed E-state index contributed by atoms with van der Waals surface area (Å²) in [5, 5.41) is 0.165. The molecule has 1 saturated carbocycles. The molecule has 2 aliphatic rings. The smallest absolute Gasteiger partial charge is 0.281 e. The first-order valence-electron chi connectivity index (χ1n) is 10.4. The number of hydrogen-bond acceptors (Lipinski definition) is 4. The second-order valence-electron chi connectivity index (χ2n) is 8.38. The molecule has 1 aliphatic heterocycles. The number of likely N-dealkylation sites (tertiary alicyclic amines) is 1. The van der Waals surface area contributed by atoms with Gasteiger partial charge in [0, 0.05) is 25.4 Å². The number of amides is 1. The lowest BCUT2D eigenvalue weighted by molar-refractivity contribution is -0.125. The Balaban J connectivity index is 1.65. The first-order valence-corrected chi connectivity index (χ1v) is 11.4. The van der Waals surface area contributed by atoms with Crippen molar-refractivity contribution < 1.29 is 14.4 Å². The fraction of sp³-hybridized carbons (Fsp3) is 0.609. The van der Waals surface area contributed by atoms with Gasteiger partial charge in [0.05, 0.1) is 0 Å². The molecule has 0 spiro atoms. The summed E-state index contributed by atoms with van der Waals surface area (Å²) in [4.78, 5) is 39.9. The van der Waals surface area contributed by atoms with Gasteiger partial charge in [-0.15, -0.1) is 0 Å². The monoisotopic (exact) mass is 401 g/mol. The van der Waals surface area contributed by atoms with Crippen molar-refractivity contribution in [3.05, 3.63) is 34.4 Å². The van der Waals surface area contributed by atoms with Crippen LogP contribution in [0.4, 0.5) is 4.79 Å². The molecule has 1 aliphatic carbocycles. The second kappa shape index (κ2) is 8.81. The number of benzene rings is 1. The van der Waals surface area contributed by atoms with E-state index in [0.29, 0.717) is 12.3 Å². The molecule has 2 unspecified atom stereocenters. The van der Waals surface area contributed by atoms with Crippen LogP contribution in [0.2, 0.25) is 0 Å². The molecule has 1 aromatic carbocycles. The Kier molecular flexibility index (Phi) is 6.64. The summed E-state index contributed by atoms with van der Waals surface area (Å²) in [6, 6.07) is 4.13. The van der Waals surface area contributed by atoms with Crippen LogP contribution in [0.25, 0.3) is 0 Å². The number of carbonyl (C=O) groups is 3. The zero-order valence-electron chi connectivity index (χ0n) is 17.4. The number of nitrogens with zero attached hydrogens (tertiary/aromatic N) is 1. The minimum Gasteiger partial charge on any atom is -0.334 e. The maximum absolute atomic E-state index is 13.1. The normalized spacial score (nSPS) is 23.5. The highest BCUT2D eigenvalue weighted by atomic mass is 32.2. The van der Waals surface area contributed by atoms with Gasteiger partial charge in [0.1, 0.15) is 11.7 Å². The summed E-state index contributed by atoms with van der Waals surface area (Å²) in [6.45, 7) is 9.58. The van der Waals surface area contributed by atoms with Gasteiger partial charge in [-0.1, -0.05) is 36.4 Å². The van der Waals surface area contributed by atoms with E-state index in [2.05, 4.69) is 12.1 Å². The van der Waals surface area contributed by atoms with Crippen LogP contribution >= 0.6 is 11.8 Å². The van der Waals surface area contributed by atoms with Crippen LogP contribution in [0.15, 0.2) is 12.1 Å². The molecule has 28 heavy (non-hydrogen) atoms. The number of ketones is 2. The number of hydrogen-bond donors (Lipinski definition) is 0. The zero-order valence-corrected chi connectivity index (χ0v) is 18.2. The number of Topliss-reactive ketones (excluding diaryl/α,β-unsaturated/α-hetero) is 2. The Morgan fingerprint density at radius 1 is 1.11 bits per heavy atom. The Hall–Kier alpha value is -1.62. The molecular formula is C23H31NO3S. The fourth-order valence-electron chi connectivity index (χ4n) is 4.97. The Labute approximate surface area is 172 Å². The molecular weight excluding hydrogens is 370 g/mol. The Bertz CT molecular complexity index is 757. The van der Waals surface area contributed by atoms with Crippen molar-refractivity contribution in [3.8, 4) is 0 Å². The molecule has 0 aromatic heterocycles. The molecule has 1 saturated heterocycles. The Morgan fingerprint density at radius 3 is 2.29 bits per heavy atom. The molecule has 1 heterocycles. The number of aryl methyl sites for hydroxylation is 3.